The number of thiazole rings is 2. The summed E-state index contributed by atoms with van der Waals surface area (Å²) < 4.78 is 1.38. The predicted octanol–water partition coefficient (Wildman–Crippen LogP) is 4.04. The van der Waals surface area contributed by atoms with Gasteiger partial charge in [-0.25, -0.2) is 9.55 Å². The van der Waals surface area contributed by atoms with Gasteiger partial charge in [-0.05, 0) is 23.4 Å². The van der Waals surface area contributed by atoms with Gasteiger partial charge < -0.3 is 5.11 Å². The molecule has 0 spiro atoms. The summed E-state index contributed by atoms with van der Waals surface area (Å²) in [5.41, 5.74) is 1.90. The van der Waals surface area contributed by atoms with Crippen molar-refractivity contribution in [3.05, 3.63) is 61.8 Å². The average molecular weight is 389 g/mol. The number of allylic oxidation sites excluding steroid dienone is 1. The highest BCUT2D eigenvalue weighted by Crippen LogP contribution is 2.29. The summed E-state index contributed by atoms with van der Waals surface area (Å²) in [5.74, 6) is -0.0602. The molecule has 1 aliphatic heterocycles. The number of nitrogens with zero attached hydrogens (tertiary/aromatic N) is 5. The third-order valence-corrected chi connectivity index (χ3v) is 5.28. The molecule has 0 saturated heterocycles. The zero-order chi connectivity index (χ0) is 17.4. The fourth-order valence-corrected chi connectivity index (χ4v) is 3.91. The molecular weight excluding hydrogens is 380 g/mol. The fraction of sp³-hybridized carbons (Fsp3) is 0. The smallest absolute Gasteiger partial charge is 0.217 e. The van der Waals surface area contributed by atoms with Gasteiger partial charge in [-0.1, -0.05) is 35.1 Å². The molecule has 25 heavy (non-hydrogen) atoms. The van der Waals surface area contributed by atoms with E-state index in [2.05, 4.69) is 20.4 Å². The van der Waals surface area contributed by atoms with Gasteiger partial charge in [0.2, 0.25) is 5.88 Å². The minimum atomic E-state index is -0.0602. The first-order valence-corrected chi connectivity index (χ1v) is 9.07. The summed E-state index contributed by atoms with van der Waals surface area (Å²) >= 11 is 8.37. The summed E-state index contributed by atoms with van der Waals surface area (Å²) in [5, 5.41) is 33.3. The molecule has 0 saturated carbocycles. The highest BCUT2D eigenvalue weighted by atomic mass is 35.5. The maximum atomic E-state index is 10.5. The molecule has 4 rings (SSSR count). The standard InChI is InChI=1S/C15H9ClN6OS2/c16-9-3-1-8(2-4-9)12-10(19-21-20-12)7-11-13(23)22(14(17)25-11)15-18-5-6-24-15/h1-7,17,23H/b10-7-,17-14?. The number of hydrogen-bond acceptors (Lipinski definition) is 8. The Bertz CT molecular complexity index is 1080. The Morgan fingerprint density at radius 3 is 2.76 bits per heavy atom. The Balaban J connectivity index is 1.75. The van der Waals surface area contributed by atoms with E-state index in [0.717, 1.165) is 16.9 Å². The highest BCUT2D eigenvalue weighted by molar-refractivity contribution is 7.13. The van der Waals surface area contributed by atoms with E-state index in [4.69, 9.17) is 17.0 Å². The van der Waals surface area contributed by atoms with Gasteiger partial charge in [0.05, 0.1) is 4.88 Å². The van der Waals surface area contributed by atoms with Crippen LogP contribution in [-0.4, -0.2) is 20.4 Å². The molecule has 1 aromatic carbocycles. The molecule has 0 radical (unpaired) electrons. The molecule has 124 valence electrons. The SMILES string of the molecule is N=c1sc(/C=C2\N=NN=C2c2ccc(Cl)cc2)c(O)n1-c1nccs1. The Morgan fingerprint density at radius 1 is 1.24 bits per heavy atom. The number of aromatic nitrogens is 2. The van der Waals surface area contributed by atoms with Crippen LogP contribution in [0.15, 0.2) is 57.0 Å². The zero-order valence-electron chi connectivity index (χ0n) is 12.4. The van der Waals surface area contributed by atoms with Crippen LogP contribution < -0.4 is 4.80 Å². The molecule has 0 amide bonds. The van der Waals surface area contributed by atoms with Gasteiger partial charge in [-0.2, -0.15) is 0 Å². The van der Waals surface area contributed by atoms with Crippen molar-refractivity contribution in [3.8, 4) is 11.0 Å². The normalized spacial score (nSPS) is 15.1. The monoisotopic (exact) mass is 388 g/mol. The van der Waals surface area contributed by atoms with Gasteiger partial charge >= 0.3 is 0 Å². The largest absolute Gasteiger partial charge is 0.493 e. The second-order valence-electron chi connectivity index (χ2n) is 4.92. The van der Waals surface area contributed by atoms with Crippen molar-refractivity contribution >= 4 is 46.1 Å². The summed E-state index contributed by atoms with van der Waals surface area (Å²) in [6, 6.07) is 7.17. The van der Waals surface area contributed by atoms with Crippen LogP contribution in [0.4, 0.5) is 0 Å². The van der Waals surface area contributed by atoms with Crippen molar-refractivity contribution in [2.75, 3.05) is 0 Å². The maximum Gasteiger partial charge on any atom is 0.217 e. The van der Waals surface area contributed by atoms with E-state index in [1.807, 2.05) is 12.1 Å². The highest BCUT2D eigenvalue weighted by Gasteiger charge is 2.19. The minimum Gasteiger partial charge on any atom is -0.493 e. The van der Waals surface area contributed by atoms with Crippen LogP contribution >= 0.6 is 34.3 Å². The first-order valence-electron chi connectivity index (χ1n) is 6.99. The molecule has 1 aliphatic rings. The maximum absolute atomic E-state index is 10.5. The number of halogens is 1. The van der Waals surface area contributed by atoms with E-state index in [9.17, 15) is 5.11 Å². The predicted molar refractivity (Wildman–Crippen MR) is 97.7 cm³/mol. The van der Waals surface area contributed by atoms with Crippen LogP contribution in [-0.2, 0) is 0 Å². The Morgan fingerprint density at radius 2 is 2.04 bits per heavy atom. The van der Waals surface area contributed by atoms with Crippen molar-refractivity contribution in [2.45, 2.75) is 0 Å². The van der Waals surface area contributed by atoms with E-state index < -0.39 is 0 Å². The van der Waals surface area contributed by atoms with Gasteiger partial charge in [0.1, 0.15) is 11.4 Å². The van der Waals surface area contributed by atoms with Gasteiger partial charge in [-0.3, -0.25) is 5.41 Å². The third-order valence-electron chi connectivity index (χ3n) is 3.38. The molecule has 2 N–H and O–H groups in total. The molecular formula is C15H9ClN6OS2. The molecule has 3 heterocycles. The van der Waals surface area contributed by atoms with Crippen LogP contribution in [0, 0.1) is 5.41 Å². The van der Waals surface area contributed by atoms with Gasteiger partial charge in [0.25, 0.3) is 0 Å². The van der Waals surface area contributed by atoms with Crippen molar-refractivity contribution in [3.63, 3.8) is 0 Å². The number of benzene rings is 1. The number of hydrogen-bond donors (Lipinski definition) is 2. The zero-order valence-corrected chi connectivity index (χ0v) is 14.8. The fourth-order valence-electron chi connectivity index (χ4n) is 2.25. The molecule has 0 aliphatic carbocycles. The number of nitrogens with one attached hydrogen (secondary N) is 1. The van der Waals surface area contributed by atoms with E-state index >= 15 is 0 Å². The first kappa shape index (κ1) is 15.9. The number of rotatable bonds is 3. The van der Waals surface area contributed by atoms with Crippen molar-refractivity contribution < 1.29 is 5.11 Å². The summed E-state index contributed by atoms with van der Waals surface area (Å²) in [6.07, 6.45) is 3.28. The molecule has 10 heteroatoms. The lowest BCUT2D eigenvalue weighted by Gasteiger charge is -2.01. The van der Waals surface area contributed by atoms with E-state index in [0.29, 0.717) is 26.4 Å². The average Bonchev–Trinajstić information content (AvgIpc) is 3.31. The number of aromatic hydroxyl groups is 1. The third kappa shape index (κ3) is 2.93. The van der Waals surface area contributed by atoms with Crippen LogP contribution in [0.1, 0.15) is 10.4 Å². The quantitative estimate of drug-likeness (QED) is 0.707. The molecule has 3 aromatic rings. The second kappa shape index (κ2) is 6.36. The molecule has 2 aromatic heterocycles. The van der Waals surface area contributed by atoms with Crippen LogP contribution in [0.3, 0.4) is 0 Å². The van der Waals surface area contributed by atoms with Gasteiger partial charge in [0.15, 0.2) is 9.93 Å². The second-order valence-corrected chi connectivity index (χ2v) is 7.26. The Hall–Kier alpha value is -2.62. The van der Waals surface area contributed by atoms with E-state index in [1.54, 1.807) is 29.8 Å². The first-order chi connectivity index (χ1) is 12.1. The lowest BCUT2D eigenvalue weighted by atomic mass is 10.1. The molecule has 0 atom stereocenters. The van der Waals surface area contributed by atoms with E-state index in [1.165, 1.54) is 15.9 Å². The topological polar surface area (TPSA) is 99.0 Å². The summed E-state index contributed by atoms with van der Waals surface area (Å²) in [6.45, 7) is 0. The van der Waals surface area contributed by atoms with E-state index in [-0.39, 0.29) is 10.7 Å². The van der Waals surface area contributed by atoms with Crippen LogP contribution in [0.25, 0.3) is 11.2 Å². The molecule has 7 nitrogen and oxygen atoms in total. The molecule has 0 unspecified atom stereocenters. The van der Waals surface area contributed by atoms with Crippen LogP contribution in [0.2, 0.25) is 5.02 Å². The van der Waals surface area contributed by atoms with Gasteiger partial charge in [-0.15, -0.1) is 21.6 Å². The minimum absolute atomic E-state index is 0.0602. The van der Waals surface area contributed by atoms with Crippen molar-refractivity contribution in [2.24, 2.45) is 15.4 Å². The lowest BCUT2D eigenvalue weighted by molar-refractivity contribution is 0.438. The Kier molecular flexibility index (Phi) is 4.04. The summed E-state index contributed by atoms with van der Waals surface area (Å²) in [7, 11) is 0. The molecule has 0 bridgehead atoms. The van der Waals surface area contributed by atoms with Crippen LogP contribution in [0.5, 0.6) is 5.88 Å². The van der Waals surface area contributed by atoms with Crippen molar-refractivity contribution in [1.82, 2.24) is 9.55 Å². The summed E-state index contributed by atoms with van der Waals surface area (Å²) in [4.78, 5) is 4.78. The lowest BCUT2D eigenvalue weighted by Crippen LogP contribution is -2.09. The van der Waals surface area contributed by atoms with Crippen molar-refractivity contribution in [1.29, 1.82) is 5.41 Å². The van der Waals surface area contributed by atoms with Gasteiger partial charge in [0, 0.05) is 22.2 Å². The Labute approximate surface area is 154 Å². The molecule has 0 fully saturated rings.